The van der Waals surface area contributed by atoms with Crippen LogP contribution in [0.1, 0.15) is 0 Å². The minimum Gasteiger partial charge on any atom is -0.397 e. The van der Waals surface area contributed by atoms with Crippen molar-refractivity contribution in [2.75, 3.05) is 11.1 Å². The molecule has 0 fully saturated rings. The SMILES string of the molecule is Nc1cc(Cl)ccc1Nc1ccc(Br)c(F)c1. The van der Waals surface area contributed by atoms with E-state index < -0.39 is 0 Å². The van der Waals surface area contributed by atoms with E-state index in [2.05, 4.69) is 21.2 Å². The first-order valence-corrected chi connectivity index (χ1v) is 6.00. The molecule has 0 amide bonds. The number of rotatable bonds is 2. The van der Waals surface area contributed by atoms with Crippen LogP contribution in [0.25, 0.3) is 0 Å². The number of benzene rings is 2. The first-order valence-electron chi connectivity index (χ1n) is 4.83. The first-order chi connectivity index (χ1) is 8.06. The van der Waals surface area contributed by atoms with Crippen molar-refractivity contribution in [3.63, 3.8) is 0 Å². The van der Waals surface area contributed by atoms with Crippen LogP contribution in [0.4, 0.5) is 21.5 Å². The van der Waals surface area contributed by atoms with Crippen molar-refractivity contribution in [3.05, 3.63) is 51.7 Å². The highest BCUT2D eigenvalue weighted by atomic mass is 79.9. The number of nitrogen functional groups attached to an aromatic ring is 1. The molecule has 2 nitrogen and oxygen atoms in total. The van der Waals surface area contributed by atoms with Crippen molar-refractivity contribution in [2.24, 2.45) is 0 Å². The largest absolute Gasteiger partial charge is 0.397 e. The standard InChI is InChI=1S/C12H9BrClFN2/c13-9-3-2-8(6-10(9)15)17-12-4-1-7(14)5-11(12)16/h1-6,17H,16H2. The smallest absolute Gasteiger partial charge is 0.139 e. The second-order valence-corrected chi connectivity index (χ2v) is 4.78. The fourth-order valence-corrected chi connectivity index (χ4v) is 1.80. The van der Waals surface area contributed by atoms with E-state index in [9.17, 15) is 4.39 Å². The van der Waals surface area contributed by atoms with E-state index in [1.807, 2.05) is 0 Å². The Bertz CT molecular complexity index is 560. The Morgan fingerprint density at radius 3 is 2.59 bits per heavy atom. The molecule has 0 aliphatic rings. The van der Waals surface area contributed by atoms with Crippen molar-refractivity contribution >= 4 is 44.6 Å². The minimum atomic E-state index is -0.331. The quantitative estimate of drug-likeness (QED) is 0.797. The van der Waals surface area contributed by atoms with Gasteiger partial charge in [-0.25, -0.2) is 4.39 Å². The summed E-state index contributed by atoms with van der Waals surface area (Å²) in [5, 5.41) is 3.59. The molecule has 5 heteroatoms. The third-order valence-corrected chi connectivity index (χ3v) is 3.09. The van der Waals surface area contributed by atoms with E-state index >= 15 is 0 Å². The van der Waals surface area contributed by atoms with E-state index in [1.54, 1.807) is 30.3 Å². The summed E-state index contributed by atoms with van der Waals surface area (Å²) in [6.07, 6.45) is 0. The molecule has 3 N–H and O–H groups in total. The lowest BCUT2D eigenvalue weighted by molar-refractivity contribution is 0.622. The number of nitrogens with one attached hydrogen (secondary N) is 1. The summed E-state index contributed by atoms with van der Waals surface area (Å²) in [7, 11) is 0. The van der Waals surface area contributed by atoms with Gasteiger partial charge in [-0.2, -0.15) is 0 Å². The molecule has 0 saturated heterocycles. The molecule has 17 heavy (non-hydrogen) atoms. The highest BCUT2D eigenvalue weighted by molar-refractivity contribution is 9.10. The van der Waals surface area contributed by atoms with E-state index in [4.69, 9.17) is 17.3 Å². The molecule has 0 radical (unpaired) electrons. The molecule has 88 valence electrons. The third-order valence-electron chi connectivity index (χ3n) is 2.21. The highest BCUT2D eigenvalue weighted by Crippen LogP contribution is 2.27. The zero-order chi connectivity index (χ0) is 12.4. The van der Waals surface area contributed by atoms with Crippen LogP contribution in [0.2, 0.25) is 5.02 Å². The van der Waals surface area contributed by atoms with Gasteiger partial charge in [0, 0.05) is 10.7 Å². The fourth-order valence-electron chi connectivity index (χ4n) is 1.38. The summed E-state index contributed by atoms with van der Waals surface area (Å²) in [5.74, 6) is -0.331. The van der Waals surface area contributed by atoms with Crippen molar-refractivity contribution in [1.29, 1.82) is 0 Å². The van der Waals surface area contributed by atoms with Crippen molar-refractivity contribution in [2.45, 2.75) is 0 Å². The predicted octanol–water partition coefficient (Wildman–Crippen LogP) is 4.57. The van der Waals surface area contributed by atoms with Gasteiger partial charge in [-0.05, 0) is 52.3 Å². The lowest BCUT2D eigenvalue weighted by atomic mass is 10.2. The van der Waals surface area contributed by atoms with Gasteiger partial charge in [0.15, 0.2) is 0 Å². The fraction of sp³-hybridized carbons (Fsp3) is 0. The summed E-state index contributed by atoms with van der Waals surface area (Å²) in [5.41, 5.74) is 7.62. The lowest BCUT2D eigenvalue weighted by Gasteiger charge is -2.10. The Kier molecular flexibility index (Phi) is 3.54. The van der Waals surface area contributed by atoms with Gasteiger partial charge in [-0.1, -0.05) is 11.6 Å². The Balaban J connectivity index is 2.28. The van der Waals surface area contributed by atoms with Crippen LogP contribution >= 0.6 is 27.5 Å². The monoisotopic (exact) mass is 314 g/mol. The van der Waals surface area contributed by atoms with Crippen molar-refractivity contribution in [1.82, 2.24) is 0 Å². The maximum absolute atomic E-state index is 13.3. The summed E-state index contributed by atoms with van der Waals surface area (Å²) >= 11 is 8.89. The molecule has 0 atom stereocenters. The maximum atomic E-state index is 13.3. The van der Waals surface area contributed by atoms with Gasteiger partial charge < -0.3 is 11.1 Å². The highest BCUT2D eigenvalue weighted by Gasteiger charge is 2.03. The van der Waals surface area contributed by atoms with Crippen LogP contribution < -0.4 is 11.1 Å². The molecule has 0 saturated carbocycles. The summed E-state index contributed by atoms with van der Waals surface area (Å²) in [4.78, 5) is 0. The summed E-state index contributed by atoms with van der Waals surface area (Å²) in [6.45, 7) is 0. The van der Waals surface area contributed by atoms with Crippen LogP contribution in [-0.4, -0.2) is 0 Å². The zero-order valence-corrected chi connectivity index (χ0v) is 11.0. The first kappa shape index (κ1) is 12.2. The summed E-state index contributed by atoms with van der Waals surface area (Å²) in [6, 6.07) is 9.87. The molecule has 0 aliphatic carbocycles. The Morgan fingerprint density at radius 1 is 1.18 bits per heavy atom. The molecule has 0 aliphatic heterocycles. The molecule has 2 aromatic carbocycles. The Hall–Kier alpha value is -1.26. The zero-order valence-electron chi connectivity index (χ0n) is 8.68. The second-order valence-electron chi connectivity index (χ2n) is 3.49. The molecule has 0 heterocycles. The average molecular weight is 316 g/mol. The average Bonchev–Trinajstić information content (AvgIpc) is 2.27. The van der Waals surface area contributed by atoms with E-state index in [-0.39, 0.29) is 5.82 Å². The molecule has 0 bridgehead atoms. The molecule has 2 aromatic rings. The molecular weight excluding hydrogens is 307 g/mol. The number of hydrogen-bond donors (Lipinski definition) is 2. The molecule has 0 unspecified atom stereocenters. The Labute approximate surface area is 112 Å². The van der Waals surface area contributed by atoms with Crippen LogP contribution in [0, 0.1) is 5.82 Å². The summed E-state index contributed by atoms with van der Waals surface area (Å²) < 4.78 is 13.7. The van der Waals surface area contributed by atoms with Crippen LogP contribution in [-0.2, 0) is 0 Å². The predicted molar refractivity (Wildman–Crippen MR) is 73.2 cm³/mol. The van der Waals surface area contributed by atoms with E-state index in [0.717, 1.165) is 0 Å². The van der Waals surface area contributed by atoms with Crippen LogP contribution in [0.3, 0.4) is 0 Å². The Morgan fingerprint density at radius 2 is 1.94 bits per heavy atom. The number of nitrogens with two attached hydrogens (primary N) is 1. The van der Waals surface area contributed by atoms with Gasteiger partial charge in [0.25, 0.3) is 0 Å². The number of halogens is 3. The van der Waals surface area contributed by atoms with Gasteiger partial charge in [0.2, 0.25) is 0 Å². The van der Waals surface area contributed by atoms with Gasteiger partial charge in [0.1, 0.15) is 5.82 Å². The lowest BCUT2D eigenvalue weighted by Crippen LogP contribution is -1.96. The maximum Gasteiger partial charge on any atom is 0.139 e. The van der Waals surface area contributed by atoms with Gasteiger partial charge in [0.05, 0.1) is 15.8 Å². The van der Waals surface area contributed by atoms with E-state index in [1.165, 1.54) is 6.07 Å². The molecule has 2 rings (SSSR count). The van der Waals surface area contributed by atoms with Crippen molar-refractivity contribution < 1.29 is 4.39 Å². The van der Waals surface area contributed by atoms with Crippen LogP contribution in [0.15, 0.2) is 40.9 Å². The van der Waals surface area contributed by atoms with E-state index in [0.29, 0.717) is 26.6 Å². The minimum absolute atomic E-state index is 0.331. The van der Waals surface area contributed by atoms with Gasteiger partial charge in [-0.3, -0.25) is 0 Å². The normalized spacial score (nSPS) is 10.3. The van der Waals surface area contributed by atoms with Gasteiger partial charge in [-0.15, -0.1) is 0 Å². The van der Waals surface area contributed by atoms with Crippen LogP contribution in [0.5, 0.6) is 0 Å². The third kappa shape index (κ3) is 2.90. The topological polar surface area (TPSA) is 38.0 Å². The second kappa shape index (κ2) is 4.94. The molecule has 0 spiro atoms. The molecular formula is C12H9BrClFN2. The van der Waals surface area contributed by atoms with Gasteiger partial charge >= 0.3 is 0 Å². The number of hydrogen-bond acceptors (Lipinski definition) is 2. The molecule has 0 aromatic heterocycles. The van der Waals surface area contributed by atoms with Crippen molar-refractivity contribution in [3.8, 4) is 0 Å². The number of anilines is 3.